The molecule has 0 radical (unpaired) electrons. The van der Waals surface area contributed by atoms with E-state index in [0.29, 0.717) is 13.0 Å². The molecule has 240 valence electrons. The van der Waals surface area contributed by atoms with Gasteiger partial charge in [0.25, 0.3) is 0 Å². The Morgan fingerprint density at radius 2 is 1.59 bits per heavy atom. The highest BCUT2D eigenvalue weighted by molar-refractivity contribution is 5.87. The molecule has 0 saturated heterocycles. The molecule has 5 rings (SSSR count). The van der Waals surface area contributed by atoms with Crippen LogP contribution in [0.15, 0.2) is 97.1 Å². The van der Waals surface area contributed by atoms with Crippen LogP contribution in [-0.4, -0.2) is 59.2 Å². The largest absolute Gasteiger partial charge is 0.462 e. The number of hydrogen-bond acceptors (Lipinski definition) is 7. The minimum absolute atomic E-state index is 0.0435. The van der Waals surface area contributed by atoms with Gasteiger partial charge in [-0.15, -0.1) is 0 Å². The van der Waals surface area contributed by atoms with Crippen LogP contribution in [0.1, 0.15) is 47.6 Å². The quantitative estimate of drug-likeness (QED) is 0.267. The Labute approximate surface area is 268 Å². The number of fused-ring (bicyclic) bond motifs is 1. The molecule has 46 heavy (non-hydrogen) atoms. The van der Waals surface area contributed by atoms with Gasteiger partial charge in [-0.1, -0.05) is 97.1 Å². The van der Waals surface area contributed by atoms with Crippen LogP contribution in [0.5, 0.6) is 0 Å². The van der Waals surface area contributed by atoms with E-state index < -0.39 is 30.1 Å². The topological polar surface area (TPSA) is 134 Å². The first-order valence-corrected chi connectivity index (χ1v) is 15.5. The van der Waals surface area contributed by atoms with Crippen LogP contribution in [0, 0.1) is 5.92 Å². The van der Waals surface area contributed by atoms with Crippen molar-refractivity contribution in [1.29, 1.82) is 0 Å². The van der Waals surface area contributed by atoms with Gasteiger partial charge in [-0.25, -0.2) is 9.59 Å². The number of hydrogen-bond donors (Lipinski definition) is 3. The molecular formula is C36H39N3O7. The summed E-state index contributed by atoms with van der Waals surface area (Å²) in [5, 5.41) is 15.7. The maximum atomic E-state index is 13.7. The number of rotatable bonds is 7. The molecule has 2 aliphatic heterocycles. The monoisotopic (exact) mass is 625 g/mol. The fourth-order valence-electron chi connectivity index (χ4n) is 5.73. The zero-order chi connectivity index (χ0) is 32.3. The van der Waals surface area contributed by atoms with Gasteiger partial charge in [0.05, 0.1) is 24.6 Å². The first-order valence-electron chi connectivity index (χ1n) is 15.5. The molecule has 2 heterocycles. The van der Waals surface area contributed by atoms with Crippen molar-refractivity contribution in [3.63, 3.8) is 0 Å². The summed E-state index contributed by atoms with van der Waals surface area (Å²) in [6.07, 6.45) is 3.48. The standard InChI is InChI=1S/C36H39N3O7/c40-22-30-19-27-15-7-8-17-29(27)21-39(30)33(41)20-28-16-9-10-18-31(38-36(44)46-23-25-11-3-1-4-12-25)35(43)45-24-32(37-34(28)42)26-13-5-2-6-14-26/h1-15,17,28,30-32,40H,16,18-24H2,(H,37,42)(H,38,44)/t28-,30+,31-,32+/m1/s1. The molecule has 3 N–H and O–H groups in total. The predicted molar refractivity (Wildman–Crippen MR) is 170 cm³/mol. The maximum Gasteiger partial charge on any atom is 0.408 e. The maximum absolute atomic E-state index is 13.7. The van der Waals surface area contributed by atoms with E-state index in [-0.39, 0.29) is 56.9 Å². The summed E-state index contributed by atoms with van der Waals surface area (Å²) in [6, 6.07) is 24.1. The number of alkyl carbamates (subject to hydrolysis) is 1. The predicted octanol–water partition coefficient (Wildman–Crippen LogP) is 3.98. The van der Waals surface area contributed by atoms with Gasteiger partial charge < -0.3 is 30.1 Å². The molecule has 0 aliphatic carbocycles. The van der Waals surface area contributed by atoms with Crippen LogP contribution in [-0.2, 0) is 43.4 Å². The van der Waals surface area contributed by atoms with Crippen molar-refractivity contribution in [2.75, 3.05) is 13.2 Å². The van der Waals surface area contributed by atoms with Gasteiger partial charge in [0.15, 0.2) is 0 Å². The molecule has 4 atom stereocenters. The Balaban J connectivity index is 1.31. The average molecular weight is 626 g/mol. The first-order chi connectivity index (χ1) is 22.4. The van der Waals surface area contributed by atoms with Crippen molar-refractivity contribution in [2.24, 2.45) is 5.92 Å². The summed E-state index contributed by atoms with van der Waals surface area (Å²) >= 11 is 0. The van der Waals surface area contributed by atoms with Gasteiger partial charge in [0.1, 0.15) is 19.3 Å². The highest BCUT2D eigenvalue weighted by atomic mass is 16.6. The van der Waals surface area contributed by atoms with E-state index in [9.17, 15) is 24.3 Å². The molecule has 3 aromatic rings. The van der Waals surface area contributed by atoms with Gasteiger partial charge in [-0.3, -0.25) is 9.59 Å². The third-order valence-electron chi connectivity index (χ3n) is 8.34. The zero-order valence-electron chi connectivity index (χ0n) is 25.5. The third-order valence-corrected chi connectivity index (χ3v) is 8.34. The highest BCUT2D eigenvalue weighted by Gasteiger charge is 2.33. The van der Waals surface area contributed by atoms with Crippen molar-refractivity contribution < 1.29 is 33.8 Å². The average Bonchev–Trinajstić information content (AvgIpc) is 3.09. The van der Waals surface area contributed by atoms with Gasteiger partial charge in [0.2, 0.25) is 11.8 Å². The minimum atomic E-state index is -1.02. The summed E-state index contributed by atoms with van der Waals surface area (Å²) < 4.78 is 10.9. The number of esters is 1. The Hall–Kier alpha value is -4.96. The summed E-state index contributed by atoms with van der Waals surface area (Å²) in [5.41, 5.74) is 3.65. The summed E-state index contributed by atoms with van der Waals surface area (Å²) in [6.45, 7) is 0.0503. The number of nitrogens with one attached hydrogen (secondary N) is 2. The molecule has 0 aromatic heterocycles. The number of aliphatic hydroxyl groups excluding tert-OH is 1. The highest BCUT2D eigenvalue weighted by Crippen LogP contribution is 2.26. The van der Waals surface area contributed by atoms with E-state index in [1.165, 1.54) is 0 Å². The first kappa shape index (κ1) is 32.4. The van der Waals surface area contributed by atoms with Crippen LogP contribution in [0.3, 0.4) is 0 Å². The van der Waals surface area contributed by atoms with Crippen molar-refractivity contribution in [3.8, 4) is 0 Å². The third kappa shape index (κ3) is 8.60. The van der Waals surface area contributed by atoms with Crippen molar-refractivity contribution in [3.05, 3.63) is 119 Å². The molecular weight excluding hydrogens is 586 g/mol. The number of ether oxygens (including phenoxy) is 2. The Kier molecular flexibility index (Phi) is 11.2. The molecule has 10 heteroatoms. The molecule has 0 fully saturated rings. The van der Waals surface area contributed by atoms with E-state index in [4.69, 9.17) is 9.47 Å². The Bertz CT molecular complexity index is 1530. The fourth-order valence-corrected chi connectivity index (χ4v) is 5.73. The van der Waals surface area contributed by atoms with E-state index in [0.717, 1.165) is 22.3 Å². The number of aliphatic hydroxyl groups is 1. The van der Waals surface area contributed by atoms with E-state index in [1.807, 2.05) is 84.9 Å². The summed E-state index contributed by atoms with van der Waals surface area (Å²) in [4.78, 5) is 54.7. The molecule has 10 nitrogen and oxygen atoms in total. The zero-order valence-corrected chi connectivity index (χ0v) is 25.5. The summed E-state index contributed by atoms with van der Waals surface area (Å²) in [5.74, 6) is -1.95. The molecule has 3 aromatic carbocycles. The molecule has 2 aliphatic rings. The van der Waals surface area contributed by atoms with Gasteiger partial charge in [-0.05, 0) is 41.5 Å². The van der Waals surface area contributed by atoms with Crippen LogP contribution in [0.4, 0.5) is 4.79 Å². The van der Waals surface area contributed by atoms with E-state index in [1.54, 1.807) is 17.1 Å². The minimum Gasteiger partial charge on any atom is -0.462 e. The van der Waals surface area contributed by atoms with Crippen molar-refractivity contribution in [2.45, 2.75) is 57.0 Å². The van der Waals surface area contributed by atoms with Gasteiger partial charge >= 0.3 is 12.1 Å². The second-order valence-corrected chi connectivity index (χ2v) is 11.5. The van der Waals surface area contributed by atoms with Gasteiger partial charge in [-0.2, -0.15) is 0 Å². The SMILES string of the molecule is O=C(N[C@@H]1CC=CC[C@H](CC(=O)N2Cc3ccccc3C[C@H]2CO)C(=O)N[C@H](c2ccccc2)COC1=O)OCc1ccccc1. The van der Waals surface area contributed by atoms with Gasteiger partial charge in [0, 0.05) is 13.0 Å². The molecule has 0 saturated carbocycles. The summed E-state index contributed by atoms with van der Waals surface area (Å²) in [7, 11) is 0. The lowest BCUT2D eigenvalue weighted by Gasteiger charge is -2.36. The van der Waals surface area contributed by atoms with Crippen molar-refractivity contribution >= 4 is 23.9 Å². The number of cyclic esters (lactones) is 1. The second-order valence-electron chi connectivity index (χ2n) is 11.5. The number of benzene rings is 3. The van der Waals surface area contributed by atoms with E-state index >= 15 is 0 Å². The number of carbonyl (C=O) groups is 4. The lowest BCUT2D eigenvalue weighted by Crippen LogP contribution is -2.48. The van der Waals surface area contributed by atoms with Crippen LogP contribution >= 0.6 is 0 Å². The van der Waals surface area contributed by atoms with Crippen LogP contribution in [0.2, 0.25) is 0 Å². The number of allylic oxidation sites excluding steroid dienone is 1. The van der Waals surface area contributed by atoms with Crippen LogP contribution < -0.4 is 10.6 Å². The normalized spacial score (nSPS) is 21.9. The molecule has 0 spiro atoms. The number of carbonyl (C=O) groups excluding carboxylic acids is 4. The smallest absolute Gasteiger partial charge is 0.408 e. The lowest BCUT2D eigenvalue weighted by atomic mass is 9.92. The van der Waals surface area contributed by atoms with Crippen molar-refractivity contribution in [1.82, 2.24) is 15.5 Å². The number of nitrogens with zero attached hydrogens (tertiary/aromatic N) is 1. The van der Waals surface area contributed by atoms with Crippen LogP contribution in [0.25, 0.3) is 0 Å². The molecule has 3 amide bonds. The second kappa shape index (κ2) is 15.9. The molecule has 0 unspecified atom stereocenters. The Morgan fingerprint density at radius 1 is 0.913 bits per heavy atom. The van der Waals surface area contributed by atoms with E-state index in [2.05, 4.69) is 10.6 Å². The molecule has 0 bridgehead atoms. The Morgan fingerprint density at radius 3 is 2.33 bits per heavy atom. The lowest BCUT2D eigenvalue weighted by molar-refractivity contribution is -0.147. The fraction of sp³-hybridized carbons (Fsp3) is 0.333. The number of amides is 3.